The van der Waals surface area contributed by atoms with E-state index in [1.54, 1.807) is 0 Å². The number of allylic oxidation sites excluding steroid dienone is 1. The minimum atomic E-state index is -2.28. The minimum absolute atomic E-state index is 0.0362. The van der Waals surface area contributed by atoms with Gasteiger partial charge in [-0.1, -0.05) is 12.1 Å². The predicted molar refractivity (Wildman–Crippen MR) is 108 cm³/mol. The van der Waals surface area contributed by atoms with Crippen LogP contribution in [0.15, 0.2) is 42.2 Å². The Morgan fingerprint density at radius 2 is 1.65 bits per heavy atom. The number of benzene rings is 3. The highest BCUT2D eigenvalue weighted by atomic mass is 19.2. The molecule has 0 N–H and O–H groups in total. The third-order valence-corrected chi connectivity index (χ3v) is 5.01. The maximum absolute atomic E-state index is 13.9. The van der Waals surface area contributed by atoms with Gasteiger partial charge in [-0.25, -0.2) is 22.0 Å². The molecule has 0 spiro atoms. The van der Waals surface area contributed by atoms with E-state index in [9.17, 15) is 36.9 Å². The van der Waals surface area contributed by atoms with E-state index in [0.717, 1.165) is 0 Å². The molecule has 0 saturated carbocycles. The molecule has 1 aliphatic heterocycles. The molecule has 3 aromatic rings. The van der Waals surface area contributed by atoms with Gasteiger partial charge in [0, 0.05) is 18.2 Å². The number of hydrogen-bond donors (Lipinski definition) is 0. The van der Waals surface area contributed by atoms with Crippen molar-refractivity contribution in [2.24, 2.45) is 0 Å². The summed E-state index contributed by atoms with van der Waals surface area (Å²) >= 11 is 0. The van der Waals surface area contributed by atoms with Gasteiger partial charge in [-0.3, -0.25) is 14.9 Å². The summed E-state index contributed by atoms with van der Waals surface area (Å²) in [5.41, 5.74) is -0.474. The van der Waals surface area contributed by atoms with Gasteiger partial charge in [0.15, 0.2) is 29.0 Å². The minimum Gasteiger partial charge on any atom is -0.489 e. The van der Waals surface area contributed by atoms with Crippen molar-refractivity contribution < 1.29 is 41.1 Å². The van der Waals surface area contributed by atoms with Crippen LogP contribution in [0.5, 0.6) is 11.5 Å². The number of nitro benzene ring substituents is 1. The summed E-state index contributed by atoms with van der Waals surface area (Å²) in [4.78, 5) is 23.1. The van der Waals surface area contributed by atoms with Crippen molar-refractivity contribution in [2.75, 3.05) is 0 Å². The van der Waals surface area contributed by atoms with Gasteiger partial charge in [-0.05, 0) is 30.2 Å². The highest BCUT2D eigenvalue weighted by molar-refractivity contribution is 6.15. The summed E-state index contributed by atoms with van der Waals surface area (Å²) in [6, 6.07) is 8.06. The van der Waals surface area contributed by atoms with Crippen LogP contribution in [0.1, 0.15) is 27.0 Å². The van der Waals surface area contributed by atoms with Gasteiger partial charge in [0.25, 0.3) is 5.69 Å². The van der Waals surface area contributed by atoms with Crippen LogP contribution in [-0.4, -0.2) is 10.7 Å². The second kappa shape index (κ2) is 8.58. The number of Topliss-reactive ketones (excluding diaryl/α,β-unsaturated/α-hetero) is 1. The van der Waals surface area contributed by atoms with E-state index >= 15 is 0 Å². The predicted octanol–water partition coefficient (Wildman–Crippen LogP) is 5.79. The maximum Gasteiger partial charge on any atom is 0.270 e. The standard InChI is InChI=1S/C23H12F5NO5/c1-10-5-13(33-9-14-18(24)20(26)22(28)21(27)19(14)25)8-15-17(10)23(30)16(34-15)7-11-3-2-4-12(6-11)29(31)32/h2-8H,9H2,1H3/b16-7-. The second-order valence-corrected chi connectivity index (χ2v) is 7.24. The monoisotopic (exact) mass is 477 g/mol. The quantitative estimate of drug-likeness (QED) is 0.116. The molecule has 6 nitrogen and oxygen atoms in total. The van der Waals surface area contributed by atoms with E-state index in [4.69, 9.17) is 9.47 Å². The number of ether oxygens (including phenoxy) is 2. The highest BCUT2D eigenvalue weighted by Crippen LogP contribution is 2.38. The Balaban J connectivity index is 1.61. The Morgan fingerprint density at radius 3 is 2.29 bits per heavy atom. The number of rotatable bonds is 5. The van der Waals surface area contributed by atoms with E-state index in [2.05, 4.69) is 0 Å². The molecule has 1 heterocycles. The number of hydrogen-bond acceptors (Lipinski definition) is 5. The van der Waals surface area contributed by atoms with Crippen molar-refractivity contribution in [1.82, 2.24) is 0 Å². The van der Waals surface area contributed by atoms with Crippen molar-refractivity contribution in [2.45, 2.75) is 13.5 Å². The van der Waals surface area contributed by atoms with Crippen LogP contribution < -0.4 is 9.47 Å². The van der Waals surface area contributed by atoms with Gasteiger partial charge >= 0.3 is 0 Å². The molecule has 0 saturated heterocycles. The molecule has 1 aliphatic rings. The number of nitro groups is 1. The van der Waals surface area contributed by atoms with Crippen molar-refractivity contribution >= 4 is 17.5 Å². The smallest absolute Gasteiger partial charge is 0.270 e. The Hall–Kier alpha value is -4.28. The van der Waals surface area contributed by atoms with Crippen LogP contribution in [0.25, 0.3) is 6.08 Å². The second-order valence-electron chi connectivity index (χ2n) is 7.24. The fraction of sp³-hybridized carbons (Fsp3) is 0.0870. The van der Waals surface area contributed by atoms with Gasteiger partial charge in [0.2, 0.25) is 11.6 Å². The first kappa shape index (κ1) is 22.9. The molecule has 0 amide bonds. The third kappa shape index (κ3) is 3.96. The van der Waals surface area contributed by atoms with Crippen LogP contribution in [0.3, 0.4) is 0 Å². The van der Waals surface area contributed by atoms with Crippen LogP contribution in [-0.2, 0) is 6.61 Å². The number of carbonyl (C=O) groups is 1. The van der Waals surface area contributed by atoms with E-state index in [1.807, 2.05) is 0 Å². The van der Waals surface area contributed by atoms with Crippen molar-refractivity contribution in [3.63, 3.8) is 0 Å². The lowest BCUT2D eigenvalue weighted by Gasteiger charge is -2.11. The lowest BCUT2D eigenvalue weighted by atomic mass is 10.0. The third-order valence-electron chi connectivity index (χ3n) is 5.01. The summed E-state index contributed by atoms with van der Waals surface area (Å²) < 4.78 is 78.5. The molecule has 34 heavy (non-hydrogen) atoms. The van der Waals surface area contributed by atoms with Crippen molar-refractivity contribution in [3.05, 3.63) is 104 Å². The first-order valence-electron chi connectivity index (χ1n) is 9.55. The molecule has 174 valence electrons. The average Bonchev–Trinajstić information content (AvgIpc) is 3.11. The van der Waals surface area contributed by atoms with Gasteiger partial charge in [0.05, 0.1) is 16.1 Å². The summed E-state index contributed by atoms with van der Waals surface area (Å²) in [6.45, 7) is 0.552. The Labute approximate surface area is 188 Å². The zero-order valence-corrected chi connectivity index (χ0v) is 17.1. The first-order valence-corrected chi connectivity index (χ1v) is 9.55. The molecule has 0 fully saturated rings. The largest absolute Gasteiger partial charge is 0.489 e. The lowest BCUT2D eigenvalue weighted by molar-refractivity contribution is -0.384. The fourth-order valence-corrected chi connectivity index (χ4v) is 3.37. The molecule has 0 bridgehead atoms. The molecule has 4 rings (SSSR count). The Morgan fingerprint density at radius 1 is 1.00 bits per heavy atom. The summed E-state index contributed by atoms with van der Waals surface area (Å²) in [5, 5.41) is 10.9. The van der Waals surface area contributed by atoms with E-state index < -0.39 is 52.0 Å². The van der Waals surface area contributed by atoms with E-state index in [1.165, 1.54) is 49.4 Å². The Kier molecular flexibility index (Phi) is 5.78. The zero-order valence-electron chi connectivity index (χ0n) is 17.1. The number of carbonyl (C=O) groups excluding carboxylic acids is 1. The van der Waals surface area contributed by atoms with E-state index in [0.29, 0.717) is 11.1 Å². The number of fused-ring (bicyclic) bond motifs is 1. The topological polar surface area (TPSA) is 78.7 Å². The molecular formula is C23H12F5NO5. The van der Waals surface area contributed by atoms with Gasteiger partial charge < -0.3 is 9.47 Å². The van der Waals surface area contributed by atoms with Gasteiger partial charge in [0.1, 0.15) is 18.1 Å². The molecule has 0 unspecified atom stereocenters. The molecule has 0 atom stereocenters. The number of halogens is 5. The SMILES string of the molecule is Cc1cc(OCc2c(F)c(F)c(F)c(F)c2F)cc2c1C(=O)/C(=C/c1cccc([N+](=O)[O-])c1)O2. The zero-order chi connectivity index (χ0) is 24.7. The van der Waals surface area contributed by atoms with Crippen molar-refractivity contribution in [1.29, 1.82) is 0 Å². The average molecular weight is 477 g/mol. The summed E-state index contributed by atoms with van der Waals surface area (Å²) in [5.74, 6) is -11.1. The van der Waals surface area contributed by atoms with Crippen molar-refractivity contribution in [3.8, 4) is 11.5 Å². The van der Waals surface area contributed by atoms with Crippen LogP contribution >= 0.6 is 0 Å². The van der Waals surface area contributed by atoms with Crippen LogP contribution in [0, 0.1) is 46.1 Å². The molecule has 0 radical (unpaired) electrons. The number of non-ortho nitro benzene ring substituents is 1. The highest BCUT2D eigenvalue weighted by Gasteiger charge is 2.31. The normalized spacial score (nSPS) is 13.7. The summed E-state index contributed by atoms with van der Waals surface area (Å²) in [7, 11) is 0. The fourth-order valence-electron chi connectivity index (χ4n) is 3.37. The number of ketones is 1. The van der Waals surface area contributed by atoms with Crippen LogP contribution in [0.2, 0.25) is 0 Å². The lowest BCUT2D eigenvalue weighted by Crippen LogP contribution is -2.10. The number of nitrogens with zero attached hydrogens (tertiary/aromatic N) is 1. The molecule has 11 heteroatoms. The summed E-state index contributed by atoms with van der Waals surface area (Å²) in [6.07, 6.45) is 1.31. The van der Waals surface area contributed by atoms with Crippen LogP contribution in [0.4, 0.5) is 27.6 Å². The number of aryl methyl sites for hydroxylation is 1. The molecule has 0 aromatic heterocycles. The van der Waals surface area contributed by atoms with Gasteiger partial charge in [-0.2, -0.15) is 0 Å². The molecule has 0 aliphatic carbocycles. The Bertz CT molecular complexity index is 1370. The maximum atomic E-state index is 13.9. The van der Waals surface area contributed by atoms with Gasteiger partial charge in [-0.15, -0.1) is 0 Å². The van der Waals surface area contributed by atoms with E-state index in [-0.39, 0.29) is 28.5 Å². The molecule has 3 aromatic carbocycles. The first-order chi connectivity index (χ1) is 16.1. The molecular weight excluding hydrogens is 465 g/mol.